The number of carboxylic acid groups (broad SMARTS) is 1. The predicted molar refractivity (Wildman–Crippen MR) is 66.4 cm³/mol. The van der Waals surface area contributed by atoms with Crippen molar-refractivity contribution in [2.75, 3.05) is 26.8 Å². The quantitative estimate of drug-likeness (QED) is 0.719. The molecule has 0 spiro atoms. The van der Waals surface area contributed by atoms with E-state index in [-0.39, 0.29) is 18.0 Å². The average Bonchev–Trinajstić information content (AvgIpc) is 2.34. The Morgan fingerprint density at radius 3 is 2.78 bits per heavy atom. The minimum absolute atomic E-state index is 0.0257. The smallest absolute Gasteiger partial charge is 0.317 e. The van der Waals surface area contributed by atoms with Gasteiger partial charge in [-0.15, -0.1) is 0 Å². The van der Waals surface area contributed by atoms with Gasteiger partial charge in [0.1, 0.15) is 0 Å². The van der Waals surface area contributed by atoms with Crippen LogP contribution in [0.25, 0.3) is 0 Å². The number of aliphatic carboxylic acids is 1. The van der Waals surface area contributed by atoms with Gasteiger partial charge < -0.3 is 20.1 Å². The van der Waals surface area contributed by atoms with E-state index in [0.717, 1.165) is 6.42 Å². The number of piperidine rings is 1. The van der Waals surface area contributed by atoms with Gasteiger partial charge in [0.25, 0.3) is 0 Å². The van der Waals surface area contributed by atoms with Crippen LogP contribution in [0.4, 0.5) is 4.79 Å². The summed E-state index contributed by atoms with van der Waals surface area (Å²) in [6, 6.07) is -0.135. The lowest BCUT2D eigenvalue weighted by atomic mass is 9.92. The molecule has 2 amide bonds. The van der Waals surface area contributed by atoms with Crippen molar-refractivity contribution >= 4 is 12.0 Å². The standard InChI is InChI=1S/C12H22N2O4/c1-9-8-10(11(15)16)4-6-14(9)12(17)13-5-3-7-18-2/h9-10H,3-8H2,1-2H3,(H,13,17)(H,15,16). The number of amides is 2. The molecule has 1 saturated heterocycles. The minimum Gasteiger partial charge on any atom is -0.481 e. The third kappa shape index (κ3) is 4.18. The van der Waals surface area contributed by atoms with Crippen molar-refractivity contribution in [2.24, 2.45) is 5.92 Å². The number of urea groups is 1. The van der Waals surface area contributed by atoms with E-state index >= 15 is 0 Å². The number of hydrogen-bond acceptors (Lipinski definition) is 3. The molecule has 6 nitrogen and oxygen atoms in total. The van der Waals surface area contributed by atoms with Crippen molar-refractivity contribution in [3.05, 3.63) is 0 Å². The molecule has 1 rings (SSSR count). The molecule has 0 aromatic carbocycles. The van der Waals surface area contributed by atoms with Crippen molar-refractivity contribution in [3.8, 4) is 0 Å². The topological polar surface area (TPSA) is 78.9 Å². The first-order valence-corrected chi connectivity index (χ1v) is 6.32. The number of rotatable bonds is 5. The van der Waals surface area contributed by atoms with Crippen LogP contribution in [0.2, 0.25) is 0 Å². The number of carbonyl (C=O) groups excluding carboxylic acids is 1. The molecule has 0 bridgehead atoms. The number of likely N-dealkylation sites (tertiary alicyclic amines) is 1. The highest BCUT2D eigenvalue weighted by Gasteiger charge is 2.31. The second-order valence-corrected chi connectivity index (χ2v) is 4.68. The predicted octanol–water partition coefficient (Wildman–Crippen LogP) is 0.918. The number of carboxylic acids is 1. The molecule has 0 aliphatic carbocycles. The van der Waals surface area contributed by atoms with Gasteiger partial charge in [-0.05, 0) is 26.2 Å². The van der Waals surface area contributed by atoms with Gasteiger partial charge in [-0.2, -0.15) is 0 Å². The van der Waals surface area contributed by atoms with Crippen LogP contribution in [0.15, 0.2) is 0 Å². The number of ether oxygens (including phenoxy) is 1. The Labute approximate surface area is 107 Å². The summed E-state index contributed by atoms with van der Waals surface area (Å²) >= 11 is 0. The first-order chi connectivity index (χ1) is 8.56. The molecule has 1 aliphatic heterocycles. The summed E-state index contributed by atoms with van der Waals surface area (Å²) in [4.78, 5) is 24.5. The van der Waals surface area contributed by atoms with Crippen molar-refractivity contribution in [1.82, 2.24) is 10.2 Å². The molecule has 0 radical (unpaired) electrons. The fraction of sp³-hybridized carbons (Fsp3) is 0.833. The molecule has 0 aromatic rings. The Hall–Kier alpha value is -1.30. The monoisotopic (exact) mass is 258 g/mol. The molecular weight excluding hydrogens is 236 g/mol. The van der Waals surface area contributed by atoms with Crippen molar-refractivity contribution in [1.29, 1.82) is 0 Å². The van der Waals surface area contributed by atoms with Gasteiger partial charge in [0.2, 0.25) is 0 Å². The molecule has 0 saturated carbocycles. The summed E-state index contributed by atoms with van der Waals surface area (Å²) in [5, 5.41) is 11.8. The highest BCUT2D eigenvalue weighted by Crippen LogP contribution is 2.22. The normalized spacial score (nSPS) is 23.8. The second-order valence-electron chi connectivity index (χ2n) is 4.68. The van der Waals surface area contributed by atoms with E-state index in [9.17, 15) is 9.59 Å². The van der Waals surface area contributed by atoms with Crippen LogP contribution in [0.3, 0.4) is 0 Å². The summed E-state index contributed by atoms with van der Waals surface area (Å²) in [6.07, 6.45) is 1.84. The molecule has 18 heavy (non-hydrogen) atoms. The van der Waals surface area contributed by atoms with Crippen molar-refractivity contribution < 1.29 is 19.4 Å². The van der Waals surface area contributed by atoms with Crippen LogP contribution < -0.4 is 5.32 Å². The van der Waals surface area contributed by atoms with E-state index in [4.69, 9.17) is 9.84 Å². The molecule has 0 aromatic heterocycles. The van der Waals surface area contributed by atoms with Gasteiger partial charge in [-0.1, -0.05) is 0 Å². The molecule has 1 fully saturated rings. The molecule has 1 heterocycles. The van der Waals surface area contributed by atoms with Crippen LogP contribution in [0.1, 0.15) is 26.2 Å². The SMILES string of the molecule is COCCCNC(=O)N1CCC(C(=O)O)CC1C. The number of hydrogen-bond donors (Lipinski definition) is 2. The van der Waals surface area contributed by atoms with Gasteiger partial charge in [-0.25, -0.2) is 4.79 Å². The minimum atomic E-state index is -0.762. The third-order valence-corrected chi connectivity index (χ3v) is 3.29. The summed E-state index contributed by atoms with van der Waals surface area (Å²) < 4.78 is 4.90. The number of methoxy groups -OCH3 is 1. The zero-order valence-electron chi connectivity index (χ0n) is 11.0. The molecular formula is C12H22N2O4. The first kappa shape index (κ1) is 14.8. The lowest BCUT2D eigenvalue weighted by Crippen LogP contribution is -2.50. The Morgan fingerprint density at radius 2 is 2.22 bits per heavy atom. The maximum atomic E-state index is 11.9. The maximum absolute atomic E-state index is 11.9. The van der Waals surface area contributed by atoms with Crippen molar-refractivity contribution in [3.63, 3.8) is 0 Å². The second kappa shape index (κ2) is 7.20. The van der Waals surface area contributed by atoms with Crippen LogP contribution in [-0.2, 0) is 9.53 Å². The molecule has 2 unspecified atom stereocenters. The lowest BCUT2D eigenvalue weighted by Gasteiger charge is -2.36. The fourth-order valence-corrected chi connectivity index (χ4v) is 2.21. The van der Waals surface area contributed by atoms with E-state index in [0.29, 0.717) is 32.5 Å². The summed E-state index contributed by atoms with van der Waals surface area (Å²) in [6.45, 7) is 3.60. The Kier molecular flexibility index (Phi) is 5.91. The van der Waals surface area contributed by atoms with Gasteiger partial charge in [0.15, 0.2) is 0 Å². The number of carbonyl (C=O) groups is 2. The summed E-state index contributed by atoms with van der Waals surface area (Å²) in [5.74, 6) is -1.08. The number of nitrogens with zero attached hydrogens (tertiary/aromatic N) is 1. The van der Waals surface area contributed by atoms with Gasteiger partial charge in [0.05, 0.1) is 5.92 Å². The molecule has 2 N–H and O–H groups in total. The van der Waals surface area contributed by atoms with E-state index in [1.165, 1.54) is 0 Å². The highest BCUT2D eigenvalue weighted by molar-refractivity contribution is 5.75. The van der Waals surface area contributed by atoms with Crippen LogP contribution in [0.5, 0.6) is 0 Å². The first-order valence-electron chi connectivity index (χ1n) is 6.32. The maximum Gasteiger partial charge on any atom is 0.317 e. The fourth-order valence-electron chi connectivity index (χ4n) is 2.21. The highest BCUT2D eigenvalue weighted by atomic mass is 16.5. The van der Waals surface area contributed by atoms with Crippen molar-refractivity contribution in [2.45, 2.75) is 32.2 Å². The zero-order chi connectivity index (χ0) is 13.5. The van der Waals surface area contributed by atoms with Crippen LogP contribution in [-0.4, -0.2) is 54.9 Å². The van der Waals surface area contributed by atoms with Gasteiger partial charge in [0, 0.05) is 32.8 Å². The lowest BCUT2D eigenvalue weighted by molar-refractivity contribution is -0.143. The average molecular weight is 258 g/mol. The molecule has 104 valence electrons. The van der Waals surface area contributed by atoms with E-state index in [1.54, 1.807) is 12.0 Å². The Bertz CT molecular complexity index is 296. The Morgan fingerprint density at radius 1 is 1.50 bits per heavy atom. The third-order valence-electron chi connectivity index (χ3n) is 3.29. The Balaban J connectivity index is 2.34. The molecule has 1 aliphatic rings. The summed E-state index contributed by atoms with van der Waals surface area (Å²) in [5.41, 5.74) is 0. The largest absolute Gasteiger partial charge is 0.481 e. The van der Waals surface area contributed by atoms with E-state index < -0.39 is 5.97 Å². The zero-order valence-corrected chi connectivity index (χ0v) is 11.0. The van der Waals surface area contributed by atoms with Crippen LogP contribution >= 0.6 is 0 Å². The molecule has 2 atom stereocenters. The van der Waals surface area contributed by atoms with Gasteiger partial charge in [-0.3, -0.25) is 4.79 Å². The van der Waals surface area contributed by atoms with E-state index in [1.807, 2.05) is 6.92 Å². The molecule has 6 heteroatoms. The number of nitrogens with one attached hydrogen (secondary N) is 1. The van der Waals surface area contributed by atoms with E-state index in [2.05, 4.69) is 5.32 Å². The van der Waals surface area contributed by atoms with Crippen LogP contribution in [0, 0.1) is 5.92 Å². The van der Waals surface area contributed by atoms with Gasteiger partial charge >= 0.3 is 12.0 Å². The summed E-state index contributed by atoms with van der Waals surface area (Å²) in [7, 11) is 1.63.